The number of carbonyl (C=O) groups is 4. The molecule has 6 rings (SSSR count). The smallest absolute Gasteiger partial charge is 0.407 e. The molecule has 2 aromatic heterocycles. The molecule has 2 aliphatic heterocycles. The van der Waals surface area contributed by atoms with Crippen LogP contribution in [0.3, 0.4) is 0 Å². The van der Waals surface area contributed by atoms with Crippen molar-refractivity contribution in [1.82, 2.24) is 40.4 Å². The Balaban J connectivity index is 1.17. The number of hydrogen-bond acceptors (Lipinski definition) is 8. The van der Waals surface area contributed by atoms with Crippen LogP contribution >= 0.6 is 0 Å². The van der Waals surface area contributed by atoms with Gasteiger partial charge in [0.15, 0.2) is 0 Å². The summed E-state index contributed by atoms with van der Waals surface area (Å²) >= 11 is 0. The number of aromatic amines is 2. The second-order valence-electron chi connectivity index (χ2n) is 13.4. The molecule has 0 bridgehead atoms. The minimum absolute atomic E-state index is 0.0282. The number of hydrogen-bond donors (Lipinski definition) is 4. The third kappa shape index (κ3) is 8.20. The normalized spacial score (nSPS) is 21.4. The number of fused-ring (bicyclic) bond motifs is 1. The lowest BCUT2D eigenvalue weighted by atomic mass is 10.0. The van der Waals surface area contributed by atoms with Crippen LogP contribution in [0.2, 0.25) is 0 Å². The molecule has 1 unspecified atom stereocenters. The predicted octanol–water partition coefficient (Wildman–Crippen LogP) is 5.44. The van der Waals surface area contributed by atoms with Crippen LogP contribution in [0.25, 0.3) is 22.3 Å². The van der Waals surface area contributed by atoms with Gasteiger partial charge in [-0.25, -0.2) is 19.6 Å². The maximum Gasteiger partial charge on any atom is 0.407 e. The second-order valence-corrected chi connectivity index (χ2v) is 13.4. The minimum Gasteiger partial charge on any atom is -0.453 e. The monoisotopic (exact) mass is 744 g/mol. The van der Waals surface area contributed by atoms with E-state index in [1.807, 2.05) is 56.3 Å². The molecule has 4 N–H and O–H groups in total. The fourth-order valence-electron chi connectivity index (χ4n) is 6.80. The highest BCUT2D eigenvalue weighted by Crippen LogP contribution is 2.34. The number of nitrogens with zero attached hydrogens (tertiary/aromatic N) is 4. The number of carbonyl (C=O) groups excluding carboxylic acids is 4. The largest absolute Gasteiger partial charge is 0.453 e. The van der Waals surface area contributed by atoms with Gasteiger partial charge in [0.2, 0.25) is 11.8 Å². The van der Waals surface area contributed by atoms with Crippen molar-refractivity contribution in [1.29, 1.82) is 0 Å². The molecule has 2 aliphatic rings. The predicted molar refractivity (Wildman–Crippen MR) is 202 cm³/mol. The molecule has 284 valence electrons. The molecule has 4 amide bonds. The SMILES string of the molecule is [2H]C([2H])([2H])C([2H])(C([2H])([2H])[2H])[C@@]([2H])(NC(=O)OC)C(=O)N1CCC[C@H]1c1ncc(-c2ccc(C#Cc3ccc4nc([C@@H]5CCCN5C(=O)C(NC(=O)OC)C(C)C)[nH]c4c3)cc2)[nH]1. The Morgan fingerprint density at radius 1 is 0.870 bits per heavy atom. The van der Waals surface area contributed by atoms with E-state index < -0.39 is 55.8 Å². The molecular weight excluding hydrogens is 688 g/mol. The summed E-state index contributed by atoms with van der Waals surface area (Å²) in [4.78, 5) is 70.6. The van der Waals surface area contributed by atoms with E-state index >= 15 is 0 Å². The fourth-order valence-corrected chi connectivity index (χ4v) is 6.80. The van der Waals surface area contributed by atoms with E-state index in [0.717, 1.165) is 41.4 Å². The average Bonchev–Trinajstić information content (AvgIpc) is 4.06. The molecule has 2 saturated heterocycles. The van der Waals surface area contributed by atoms with Crippen LogP contribution in [0.5, 0.6) is 0 Å². The number of rotatable bonds is 9. The summed E-state index contributed by atoms with van der Waals surface area (Å²) in [7, 11) is 2.15. The van der Waals surface area contributed by atoms with Crippen LogP contribution in [0.15, 0.2) is 48.7 Å². The second kappa shape index (κ2) is 16.4. The Morgan fingerprint density at radius 2 is 1.50 bits per heavy atom. The number of imidazole rings is 2. The van der Waals surface area contributed by atoms with Crippen LogP contribution in [-0.2, 0) is 19.1 Å². The summed E-state index contributed by atoms with van der Waals surface area (Å²) in [6.07, 6.45) is 1.62. The Hall–Kier alpha value is -5.84. The molecule has 14 heteroatoms. The van der Waals surface area contributed by atoms with E-state index in [4.69, 9.17) is 20.7 Å². The lowest BCUT2D eigenvalue weighted by molar-refractivity contribution is -0.136. The highest BCUT2D eigenvalue weighted by Gasteiger charge is 2.39. The van der Waals surface area contributed by atoms with Crippen molar-refractivity contribution in [3.63, 3.8) is 0 Å². The lowest BCUT2D eigenvalue weighted by Gasteiger charge is -2.30. The van der Waals surface area contributed by atoms with Gasteiger partial charge in [0.1, 0.15) is 23.7 Å². The summed E-state index contributed by atoms with van der Waals surface area (Å²) in [5, 5.41) is 4.43. The Morgan fingerprint density at radius 3 is 2.17 bits per heavy atom. The van der Waals surface area contributed by atoms with Crippen LogP contribution in [0.1, 0.15) is 99.1 Å². The number of H-pyrrole nitrogens is 2. The van der Waals surface area contributed by atoms with Crippen LogP contribution < -0.4 is 10.6 Å². The van der Waals surface area contributed by atoms with Crippen LogP contribution in [-0.4, -0.2) is 93.1 Å². The molecule has 0 aliphatic carbocycles. The van der Waals surface area contributed by atoms with Crippen LogP contribution in [0.4, 0.5) is 9.59 Å². The number of alkyl carbamates (subject to hydrolysis) is 2. The molecule has 0 radical (unpaired) electrons. The summed E-state index contributed by atoms with van der Waals surface area (Å²) < 4.78 is 74.4. The van der Waals surface area contributed by atoms with Crippen molar-refractivity contribution < 1.29 is 39.6 Å². The van der Waals surface area contributed by atoms with Crippen molar-refractivity contribution in [3.8, 4) is 23.1 Å². The number of likely N-dealkylation sites (tertiary alicyclic amines) is 2. The molecule has 0 spiro atoms. The first-order chi connectivity index (χ1) is 29.1. The van der Waals surface area contributed by atoms with Gasteiger partial charge in [-0.2, -0.15) is 0 Å². The Labute approximate surface area is 326 Å². The molecule has 4 heterocycles. The first-order valence-corrected chi connectivity index (χ1v) is 17.6. The van der Waals surface area contributed by atoms with Crippen LogP contribution in [0, 0.1) is 23.7 Å². The van der Waals surface area contributed by atoms with Crippen molar-refractivity contribution in [2.45, 2.75) is 77.4 Å². The van der Waals surface area contributed by atoms with Gasteiger partial charge in [0, 0.05) is 33.8 Å². The first kappa shape index (κ1) is 28.6. The summed E-state index contributed by atoms with van der Waals surface area (Å²) in [6, 6.07) is 7.47. The minimum atomic E-state index is -3.79. The molecule has 14 nitrogen and oxygen atoms in total. The summed E-state index contributed by atoms with van der Waals surface area (Å²) in [5.74, 6) is 1.72. The number of nitrogens with one attached hydrogen (secondary N) is 4. The third-order valence-corrected chi connectivity index (χ3v) is 9.59. The zero-order valence-electron chi connectivity index (χ0n) is 38.4. The Bertz CT molecular complexity index is 2370. The van der Waals surface area contributed by atoms with E-state index in [2.05, 4.69) is 36.8 Å². The van der Waals surface area contributed by atoms with Gasteiger partial charge in [-0.1, -0.05) is 51.5 Å². The van der Waals surface area contributed by atoms with Gasteiger partial charge in [-0.3, -0.25) is 9.59 Å². The molecule has 4 atom stereocenters. The van der Waals surface area contributed by atoms with Gasteiger partial charge in [0.25, 0.3) is 0 Å². The molecule has 54 heavy (non-hydrogen) atoms. The highest BCUT2D eigenvalue weighted by atomic mass is 16.5. The van der Waals surface area contributed by atoms with Gasteiger partial charge >= 0.3 is 12.2 Å². The van der Waals surface area contributed by atoms with Gasteiger partial charge in [-0.05, 0) is 73.4 Å². The number of amides is 4. The molecule has 0 saturated carbocycles. The number of benzene rings is 2. The zero-order valence-corrected chi connectivity index (χ0v) is 30.4. The highest BCUT2D eigenvalue weighted by molar-refractivity contribution is 5.87. The molecule has 4 aromatic rings. The average molecular weight is 745 g/mol. The van der Waals surface area contributed by atoms with Crippen molar-refractivity contribution in [2.75, 3.05) is 27.3 Å². The molecular formula is C40H48N8O6. The number of ether oxygens (including phenoxy) is 2. The summed E-state index contributed by atoms with van der Waals surface area (Å²) in [6.45, 7) is -3.20. The van der Waals surface area contributed by atoms with E-state index in [1.54, 1.807) is 10.2 Å². The summed E-state index contributed by atoms with van der Waals surface area (Å²) in [5.41, 5.74) is 4.19. The van der Waals surface area contributed by atoms with Crippen molar-refractivity contribution >= 4 is 35.0 Å². The van der Waals surface area contributed by atoms with E-state index in [1.165, 1.54) is 13.3 Å². The standard InChI is InChI=1S/C40H48N8O6/c1-23(2)33(45-39(51)53-5)37(49)47-19-7-9-31(47)35-41-22-30(44-35)27-16-13-25(14-17-27)11-12-26-15-18-28-29(21-26)43-36(42-28)32-10-8-20-48(32)38(50)34(24(3)4)46-40(52)54-6/h13-18,21-24,31-34H,7-10,19-20H2,1-6H3,(H,41,44)(H,42,43)(H,45,51)(H,46,52)/t31-,32-,33+,34?/m0/s1/i1D3,2D3,23D,33D. The zero-order chi connectivity index (χ0) is 45.4. The van der Waals surface area contributed by atoms with E-state index in [9.17, 15) is 19.2 Å². The topological polar surface area (TPSA) is 175 Å². The maximum absolute atomic E-state index is 14.1. The van der Waals surface area contributed by atoms with Gasteiger partial charge in [0.05, 0.1) is 50.6 Å². The van der Waals surface area contributed by atoms with Gasteiger partial charge in [-0.15, -0.1) is 0 Å². The van der Waals surface area contributed by atoms with E-state index in [0.29, 0.717) is 42.0 Å². The maximum atomic E-state index is 14.1. The van der Waals surface area contributed by atoms with Gasteiger partial charge < -0.3 is 39.9 Å². The van der Waals surface area contributed by atoms with E-state index in [-0.39, 0.29) is 30.2 Å². The molecule has 2 fully saturated rings. The lowest BCUT2D eigenvalue weighted by Crippen LogP contribution is -2.51. The first-order valence-electron chi connectivity index (χ1n) is 21.6. The Kier molecular flexibility index (Phi) is 8.72. The van der Waals surface area contributed by atoms with Crippen molar-refractivity contribution in [3.05, 3.63) is 71.4 Å². The van der Waals surface area contributed by atoms with Crippen molar-refractivity contribution in [2.24, 2.45) is 11.8 Å². The molecule has 2 aromatic carbocycles. The number of aromatic nitrogens is 4. The number of methoxy groups -OCH3 is 2. The third-order valence-electron chi connectivity index (χ3n) is 9.59. The quantitative estimate of drug-likeness (QED) is 0.164. The fraction of sp³-hybridized carbons (Fsp3) is 0.450.